The van der Waals surface area contributed by atoms with Crippen molar-refractivity contribution in [1.29, 1.82) is 0 Å². The molecule has 0 aromatic heterocycles. The van der Waals surface area contributed by atoms with Crippen LogP contribution in [0.5, 0.6) is 0 Å². The van der Waals surface area contributed by atoms with E-state index in [2.05, 4.69) is 6.92 Å². The smallest absolute Gasteiger partial charge is 0.200 e. The van der Waals surface area contributed by atoms with Gasteiger partial charge in [-0.1, -0.05) is 63.3 Å². The van der Waals surface area contributed by atoms with E-state index in [4.69, 9.17) is 0 Å². The third-order valence-corrected chi connectivity index (χ3v) is 5.61. The summed E-state index contributed by atoms with van der Waals surface area (Å²) >= 11 is 0. The maximum Gasteiger partial charge on any atom is 0.335 e. The molecule has 0 saturated heterocycles. The number of unbranched alkanes of at least 4 members (excludes halogenated alkanes) is 3. The second-order valence-electron chi connectivity index (χ2n) is 7.65. The lowest BCUT2D eigenvalue weighted by molar-refractivity contribution is -0.204. The molecule has 25 heavy (non-hydrogen) atoms. The molecule has 2 rings (SSSR count). The van der Waals surface area contributed by atoms with Crippen LogP contribution in [0.2, 0.25) is 0 Å². The molecular weight excluding hydrogens is 328 g/mol. The summed E-state index contributed by atoms with van der Waals surface area (Å²) in [5.41, 5.74) is 0.400. The molecule has 0 nitrogen and oxygen atoms in total. The van der Waals surface area contributed by atoms with Crippen LogP contribution in [0.4, 0.5) is 17.6 Å². The lowest BCUT2D eigenvalue weighted by atomic mass is 9.77. The zero-order chi connectivity index (χ0) is 18.5. The van der Waals surface area contributed by atoms with Crippen LogP contribution < -0.4 is 0 Å². The van der Waals surface area contributed by atoms with Crippen molar-refractivity contribution in [1.82, 2.24) is 0 Å². The zero-order valence-electron chi connectivity index (χ0n) is 15.3. The molecule has 0 amide bonds. The van der Waals surface area contributed by atoms with Gasteiger partial charge in [0.2, 0.25) is 0 Å². The van der Waals surface area contributed by atoms with Crippen LogP contribution in [0.15, 0.2) is 24.3 Å². The van der Waals surface area contributed by atoms with Crippen molar-refractivity contribution in [2.24, 2.45) is 5.92 Å². The molecule has 1 saturated carbocycles. The lowest BCUT2D eigenvalue weighted by Crippen LogP contribution is -2.34. The second-order valence-corrected chi connectivity index (χ2v) is 7.65. The zero-order valence-corrected chi connectivity index (χ0v) is 15.3. The number of rotatable bonds is 8. The molecule has 0 radical (unpaired) electrons. The third-order valence-electron chi connectivity index (χ3n) is 5.61. The van der Waals surface area contributed by atoms with E-state index >= 15 is 0 Å². The molecule has 1 aliphatic rings. The highest BCUT2D eigenvalue weighted by atomic mass is 19.3. The Bertz CT molecular complexity index is 508. The summed E-state index contributed by atoms with van der Waals surface area (Å²) in [7, 11) is 0. The summed E-state index contributed by atoms with van der Waals surface area (Å²) in [6, 6.07) is 5.57. The van der Waals surface area contributed by atoms with Gasteiger partial charge in [-0.25, -0.2) is 0 Å². The van der Waals surface area contributed by atoms with Crippen LogP contribution in [0.3, 0.4) is 0 Å². The first-order valence-corrected chi connectivity index (χ1v) is 9.61. The predicted octanol–water partition coefficient (Wildman–Crippen LogP) is 7.68. The maximum absolute atomic E-state index is 13.7. The maximum atomic E-state index is 13.7. The first kappa shape index (κ1) is 20.3. The van der Waals surface area contributed by atoms with Gasteiger partial charge in [0.1, 0.15) is 0 Å². The molecule has 4 heteroatoms. The van der Waals surface area contributed by atoms with Crippen molar-refractivity contribution in [3.8, 4) is 0 Å². The molecule has 1 aliphatic carbocycles. The Labute approximate surface area is 149 Å². The fourth-order valence-electron chi connectivity index (χ4n) is 3.86. The van der Waals surface area contributed by atoms with Gasteiger partial charge in [-0.15, -0.1) is 0 Å². The van der Waals surface area contributed by atoms with Crippen LogP contribution in [-0.4, -0.2) is 5.92 Å². The minimum absolute atomic E-state index is 0.267. The van der Waals surface area contributed by atoms with Gasteiger partial charge in [-0.05, 0) is 43.1 Å². The molecule has 0 bridgehead atoms. The molecule has 142 valence electrons. The number of alkyl halides is 4. The van der Waals surface area contributed by atoms with Crippen LogP contribution in [0.25, 0.3) is 0 Å². The fourth-order valence-corrected chi connectivity index (χ4v) is 3.86. The number of halogens is 4. The van der Waals surface area contributed by atoms with Crippen molar-refractivity contribution in [2.45, 2.75) is 89.4 Å². The lowest BCUT2D eigenvalue weighted by Gasteiger charge is -2.29. The molecular formula is C21H30F4. The Kier molecular flexibility index (Phi) is 6.93. The minimum Gasteiger partial charge on any atom is -0.200 e. The summed E-state index contributed by atoms with van der Waals surface area (Å²) in [6.07, 6.45) is 11.0. The third kappa shape index (κ3) is 5.21. The molecule has 0 N–H and O–H groups in total. The van der Waals surface area contributed by atoms with E-state index in [1.807, 2.05) is 0 Å². The van der Waals surface area contributed by atoms with Crippen molar-refractivity contribution < 1.29 is 17.6 Å². The Hall–Kier alpha value is -1.06. The second kappa shape index (κ2) is 8.55. The quantitative estimate of drug-likeness (QED) is 0.330. The van der Waals surface area contributed by atoms with Gasteiger partial charge in [0.05, 0.1) is 0 Å². The van der Waals surface area contributed by atoms with E-state index in [0.717, 1.165) is 24.3 Å². The van der Waals surface area contributed by atoms with E-state index in [-0.39, 0.29) is 6.92 Å². The van der Waals surface area contributed by atoms with Crippen molar-refractivity contribution in [3.63, 3.8) is 0 Å². The van der Waals surface area contributed by atoms with E-state index in [9.17, 15) is 17.6 Å². The van der Waals surface area contributed by atoms with Crippen LogP contribution in [0, 0.1) is 5.92 Å². The Balaban J connectivity index is 1.88. The average molecular weight is 358 g/mol. The first-order valence-electron chi connectivity index (χ1n) is 9.61. The van der Waals surface area contributed by atoms with Gasteiger partial charge in [0, 0.05) is 12.5 Å². The SMILES string of the molecule is CCCCCCC1CCC(c2ccc(C(F)(F)C(C)(F)F)cc2)CC1. The summed E-state index contributed by atoms with van der Waals surface area (Å²) in [6.45, 7) is 2.48. The molecule has 0 heterocycles. The molecule has 0 aliphatic heterocycles. The standard InChI is InChI=1S/C21H30F4/c1-3-4-5-6-7-16-8-10-17(11-9-16)18-12-14-19(15-13-18)21(24,25)20(2,22)23/h12-17H,3-11H2,1-2H3. The van der Waals surface area contributed by atoms with Gasteiger partial charge in [-0.3, -0.25) is 0 Å². The highest BCUT2D eigenvalue weighted by molar-refractivity contribution is 5.29. The Morgan fingerprint density at radius 1 is 0.880 bits per heavy atom. The minimum atomic E-state index is -4.12. The highest BCUT2D eigenvalue weighted by Gasteiger charge is 2.53. The first-order chi connectivity index (χ1) is 11.8. The predicted molar refractivity (Wildman–Crippen MR) is 94.4 cm³/mol. The van der Waals surface area contributed by atoms with Gasteiger partial charge in [0.15, 0.2) is 0 Å². The van der Waals surface area contributed by atoms with Crippen molar-refractivity contribution in [2.75, 3.05) is 0 Å². The molecule has 0 unspecified atom stereocenters. The molecule has 1 fully saturated rings. The molecule has 1 aromatic carbocycles. The van der Waals surface area contributed by atoms with Crippen LogP contribution in [0.1, 0.15) is 88.7 Å². The van der Waals surface area contributed by atoms with Gasteiger partial charge in [0.25, 0.3) is 0 Å². The number of benzene rings is 1. The largest absolute Gasteiger partial charge is 0.335 e. The van der Waals surface area contributed by atoms with E-state index in [1.165, 1.54) is 57.1 Å². The van der Waals surface area contributed by atoms with Crippen LogP contribution >= 0.6 is 0 Å². The van der Waals surface area contributed by atoms with E-state index in [1.54, 1.807) is 12.1 Å². The number of hydrogen-bond acceptors (Lipinski definition) is 0. The number of hydrogen-bond donors (Lipinski definition) is 0. The highest BCUT2D eigenvalue weighted by Crippen LogP contribution is 2.43. The Morgan fingerprint density at radius 2 is 1.48 bits per heavy atom. The van der Waals surface area contributed by atoms with Gasteiger partial charge < -0.3 is 0 Å². The molecule has 1 aromatic rings. The van der Waals surface area contributed by atoms with Crippen molar-refractivity contribution >= 4 is 0 Å². The average Bonchev–Trinajstić information content (AvgIpc) is 2.58. The molecule has 0 spiro atoms. The normalized spacial score (nSPS) is 22.2. The summed E-state index contributed by atoms with van der Waals surface area (Å²) < 4.78 is 53.6. The molecule has 0 atom stereocenters. The van der Waals surface area contributed by atoms with Gasteiger partial charge in [-0.2, -0.15) is 17.6 Å². The fraction of sp³-hybridized carbons (Fsp3) is 0.714. The summed E-state index contributed by atoms with van der Waals surface area (Å²) in [5, 5.41) is 0. The summed E-state index contributed by atoms with van der Waals surface area (Å²) in [5.74, 6) is -7.02. The van der Waals surface area contributed by atoms with E-state index in [0.29, 0.717) is 5.92 Å². The topological polar surface area (TPSA) is 0 Å². The van der Waals surface area contributed by atoms with Crippen molar-refractivity contribution in [3.05, 3.63) is 35.4 Å². The van der Waals surface area contributed by atoms with E-state index < -0.39 is 17.4 Å². The van der Waals surface area contributed by atoms with Crippen LogP contribution in [-0.2, 0) is 5.92 Å². The Morgan fingerprint density at radius 3 is 2.00 bits per heavy atom. The monoisotopic (exact) mass is 358 g/mol. The summed E-state index contributed by atoms with van der Waals surface area (Å²) in [4.78, 5) is 0. The van der Waals surface area contributed by atoms with Gasteiger partial charge >= 0.3 is 11.8 Å².